The van der Waals surface area contributed by atoms with Crippen molar-refractivity contribution in [3.63, 3.8) is 0 Å². The van der Waals surface area contributed by atoms with Crippen molar-refractivity contribution in [1.29, 1.82) is 0 Å². The van der Waals surface area contributed by atoms with Gasteiger partial charge < -0.3 is 0 Å². The van der Waals surface area contributed by atoms with Crippen LogP contribution in [0.4, 0.5) is 0 Å². The Bertz CT molecular complexity index is 397. The third-order valence-electron chi connectivity index (χ3n) is 2.59. The second-order valence-electron chi connectivity index (χ2n) is 4.03. The van der Waals surface area contributed by atoms with Crippen molar-refractivity contribution in [2.75, 3.05) is 28.8 Å². The fourth-order valence-electron chi connectivity index (χ4n) is 1.94. The van der Waals surface area contributed by atoms with E-state index in [9.17, 15) is 0 Å². The molecular formula is C16H26S5. The lowest BCUT2D eigenvalue weighted by Gasteiger charge is -2.20. The number of benzene rings is 1. The van der Waals surface area contributed by atoms with Gasteiger partial charge in [0.15, 0.2) is 0 Å². The SMILES string of the molecule is CCSc1cc(SCC)c(SCC)c(SCC)c1SCC. The summed E-state index contributed by atoms with van der Waals surface area (Å²) in [5, 5.41) is 0. The second kappa shape index (κ2) is 11.5. The molecule has 0 amide bonds. The van der Waals surface area contributed by atoms with Gasteiger partial charge in [0.1, 0.15) is 0 Å². The van der Waals surface area contributed by atoms with Gasteiger partial charge in [-0.15, -0.1) is 58.8 Å². The highest BCUT2D eigenvalue weighted by molar-refractivity contribution is 8.05. The highest BCUT2D eigenvalue weighted by Gasteiger charge is 2.18. The van der Waals surface area contributed by atoms with E-state index in [1.54, 1.807) is 0 Å². The van der Waals surface area contributed by atoms with Gasteiger partial charge in [0, 0.05) is 24.5 Å². The van der Waals surface area contributed by atoms with Gasteiger partial charge in [-0.2, -0.15) is 0 Å². The Hall–Kier alpha value is 0.970. The Morgan fingerprint density at radius 3 is 1.19 bits per heavy atom. The van der Waals surface area contributed by atoms with Crippen LogP contribution in [-0.4, -0.2) is 28.8 Å². The zero-order valence-corrected chi connectivity index (χ0v) is 17.7. The van der Waals surface area contributed by atoms with E-state index in [1.165, 1.54) is 24.5 Å². The average Bonchev–Trinajstić information content (AvgIpc) is 2.47. The lowest BCUT2D eigenvalue weighted by Crippen LogP contribution is -1.94. The smallest absolute Gasteiger partial charge is 0.0367 e. The van der Waals surface area contributed by atoms with Crippen LogP contribution in [-0.2, 0) is 0 Å². The first-order valence-corrected chi connectivity index (χ1v) is 12.5. The Morgan fingerprint density at radius 1 is 0.524 bits per heavy atom. The predicted molar refractivity (Wildman–Crippen MR) is 108 cm³/mol. The predicted octanol–water partition coefficient (Wildman–Crippen LogP) is 7.25. The molecule has 0 aliphatic heterocycles. The van der Waals surface area contributed by atoms with Gasteiger partial charge in [0.05, 0.1) is 0 Å². The van der Waals surface area contributed by atoms with E-state index < -0.39 is 0 Å². The molecular weight excluding hydrogens is 353 g/mol. The molecule has 0 radical (unpaired) electrons. The van der Waals surface area contributed by atoms with Crippen LogP contribution in [0.3, 0.4) is 0 Å². The van der Waals surface area contributed by atoms with Gasteiger partial charge in [0.2, 0.25) is 0 Å². The Labute approximate surface area is 152 Å². The summed E-state index contributed by atoms with van der Waals surface area (Å²) in [5.41, 5.74) is 0. The van der Waals surface area contributed by atoms with Crippen molar-refractivity contribution in [2.45, 2.75) is 59.1 Å². The minimum absolute atomic E-state index is 1.14. The van der Waals surface area contributed by atoms with Crippen molar-refractivity contribution in [2.24, 2.45) is 0 Å². The van der Waals surface area contributed by atoms with Crippen LogP contribution in [0.2, 0.25) is 0 Å². The first-order chi connectivity index (χ1) is 10.2. The molecule has 0 spiro atoms. The number of hydrogen-bond donors (Lipinski definition) is 0. The van der Waals surface area contributed by atoms with Crippen molar-refractivity contribution in [3.05, 3.63) is 6.07 Å². The van der Waals surface area contributed by atoms with E-state index >= 15 is 0 Å². The first kappa shape index (κ1) is 20.0. The molecule has 0 N–H and O–H groups in total. The lowest BCUT2D eigenvalue weighted by molar-refractivity contribution is 0.959. The van der Waals surface area contributed by atoms with Crippen molar-refractivity contribution < 1.29 is 0 Å². The molecule has 0 aromatic heterocycles. The van der Waals surface area contributed by atoms with E-state index in [1.807, 2.05) is 58.8 Å². The van der Waals surface area contributed by atoms with Gasteiger partial charge in [-0.1, -0.05) is 34.6 Å². The highest BCUT2D eigenvalue weighted by atomic mass is 32.2. The molecule has 0 aliphatic carbocycles. The third kappa shape index (κ3) is 5.83. The zero-order valence-electron chi connectivity index (χ0n) is 13.7. The molecule has 0 fully saturated rings. The Kier molecular flexibility index (Phi) is 11.0. The molecule has 0 atom stereocenters. The quantitative estimate of drug-likeness (QED) is 0.392. The molecule has 0 nitrogen and oxygen atoms in total. The van der Waals surface area contributed by atoms with Crippen molar-refractivity contribution >= 4 is 58.8 Å². The third-order valence-corrected chi connectivity index (χ3v) is 7.94. The summed E-state index contributed by atoms with van der Waals surface area (Å²) in [6.45, 7) is 11.3. The van der Waals surface area contributed by atoms with Crippen LogP contribution in [0.25, 0.3) is 0 Å². The molecule has 120 valence electrons. The minimum atomic E-state index is 1.14. The van der Waals surface area contributed by atoms with E-state index in [4.69, 9.17) is 0 Å². The molecule has 0 bridgehead atoms. The van der Waals surface area contributed by atoms with E-state index in [2.05, 4.69) is 40.7 Å². The molecule has 0 saturated carbocycles. The molecule has 0 saturated heterocycles. The number of hydrogen-bond acceptors (Lipinski definition) is 5. The molecule has 5 heteroatoms. The van der Waals surface area contributed by atoms with Gasteiger partial charge in [0.25, 0.3) is 0 Å². The summed E-state index contributed by atoms with van der Waals surface area (Å²) >= 11 is 10.0. The highest BCUT2D eigenvalue weighted by Crippen LogP contribution is 2.48. The second-order valence-corrected chi connectivity index (χ2v) is 10.5. The van der Waals surface area contributed by atoms with E-state index in [0.29, 0.717) is 0 Å². The zero-order chi connectivity index (χ0) is 15.7. The van der Waals surface area contributed by atoms with Crippen LogP contribution < -0.4 is 0 Å². The van der Waals surface area contributed by atoms with Gasteiger partial charge in [-0.25, -0.2) is 0 Å². The van der Waals surface area contributed by atoms with Crippen molar-refractivity contribution in [1.82, 2.24) is 0 Å². The molecule has 0 unspecified atom stereocenters. The van der Waals surface area contributed by atoms with E-state index in [0.717, 1.165) is 28.8 Å². The van der Waals surface area contributed by atoms with Gasteiger partial charge in [-0.3, -0.25) is 0 Å². The standard InChI is InChI=1S/C16H26S5/c1-6-17-12-11-13(18-7-2)15(20-9-4)16(21-10-5)14(12)19-8-3/h11H,6-10H2,1-5H3. The lowest BCUT2D eigenvalue weighted by atomic mass is 10.3. The van der Waals surface area contributed by atoms with Crippen molar-refractivity contribution in [3.8, 4) is 0 Å². The van der Waals surface area contributed by atoms with E-state index in [-0.39, 0.29) is 0 Å². The monoisotopic (exact) mass is 378 g/mol. The number of thioether (sulfide) groups is 5. The summed E-state index contributed by atoms with van der Waals surface area (Å²) in [7, 11) is 0. The van der Waals surface area contributed by atoms with Crippen LogP contribution >= 0.6 is 58.8 Å². The summed E-state index contributed by atoms with van der Waals surface area (Å²) < 4.78 is 0. The summed E-state index contributed by atoms with van der Waals surface area (Å²) in [4.78, 5) is 7.54. The maximum atomic E-state index is 2.44. The molecule has 0 aliphatic rings. The molecule has 1 rings (SSSR count). The maximum absolute atomic E-state index is 2.44. The number of rotatable bonds is 10. The summed E-state index contributed by atoms with van der Waals surface area (Å²) in [6, 6.07) is 2.44. The largest absolute Gasteiger partial charge is 0.125 e. The van der Waals surface area contributed by atoms with Crippen LogP contribution in [0.1, 0.15) is 34.6 Å². The fraction of sp³-hybridized carbons (Fsp3) is 0.625. The van der Waals surface area contributed by atoms with Crippen LogP contribution in [0.5, 0.6) is 0 Å². The van der Waals surface area contributed by atoms with Gasteiger partial charge in [-0.05, 0) is 34.8 Å². The summed E-state index contributed by atoms with van der Waals surface area (Å²) in [5.74, 6) is 5.72. The normalized spacial score (nSPS) is 11.1. The average molecular weight is 379 g/mol. The first-order valence-electron chi connectivity index (χ1n) is 7.58. The molecule has 1 aromatic carbocycles. The molecule has 0 heterocycles. The maximum Gasteiger partial charge on any atom is 0.0367 e. The van der Waals surface area contributed by atoms with Gasteiger partial charge >= 0.3 is 0 Å². The molecule has 21 heavy (non-hydrogen) atoms. The van der Waals surface area contributed by atoms with Crippen LogP contribution in [0.15, 0.2) is 30.5 Å². The summed E-state index contributed by atoms with van der Waals surface area (Å²) in [6.07, 6.45) is 0. The fourth-order valence-corrected chi connectivity index (χ4v) is 7.33. The topological polar surface area (TPSA) is 0 Å². The van der Waals surface area contributed by atoms with Crippen LogP contribution in [0, 0.1) is 0 Å². The minimum Gasteiger partial charge on any atom is -0.125 e. The molecule has 1 aromatic rings. The Balaban J connectivity index is 3.44. The Morgan fingerprint density at radius 2 is 0.857 bits per heavy atom.